The lowest BCUT2D eigenvalue weighted by atomic mass is 10.3. The van der Waals surface area contributed by atoms with E-state index >= 15 is 0 Å². The third kappa shape index (κ3) is 2.16. The molecule has 16 heavy (non-hydrogen) atoms. The van der Waals surface area contributed by atoms with Crippen molar-refractivity contribution in [3.63, 3.8) is 0 Å². The molecule has 1 fully saturated rings. The second kappa shape index (κ2) is 4.52. The number of rotatable bonds is 2. The van der Waals surface area contributed by atoms with Gasteiger partial charge in [0.05, 0.1) is 13.2 Å². The van der Waals surface area contributed by atoms with Crippen LogP contribution in [-0.2, 0) is 0 Å². The lowest BCUT2D eigenvalue weighted by molar-refractivity contribution is 0.0623. The highest BCUT2D eigenvalue weighted by atomic mass is 16.5. The highest BCUT2D eigenvalue weighted by Gasteiger charge is 2.23. The summed E-state index contributed by atoms with van der Waals surface area (Å²) in [5, 5.41) is 3.61. The van der Waals surface area contributed by atoms with Crippen LogP contribution in [0.3, 0.4) is 0 Å². The number of aromatic nitrogens is 1. The Bertz CT molecular complexity index is 369. The molecule has 0 spiro atoms. The summed E-state index contributed by atoms with van der Waals surface area (Å²) in [6.07, 6.45) is 0. The molecule has 0 aliphatic carbocycles. The highest BCUT2D eigenvalue weighted by molar-refractivity contribution is 5.91. The van der Waals surface area contributed by atoms with Gasteiger partial charge in [0, 0.05) is 26.2 Å². The molecular formula is C10H15N3O3. The van der Waals surface area contributed by atoms with Crippen LogP contribution in [0.1, 0.15) is 10.6 Å². The predicted molar refractivity (Wildman–Crippen MR) is 56.5 cm³/mol. The van der Waals surface area contributed by atoms with Gasteiger partial charge in [0.25, 0.3) is 11.8 Å². The van der Waals surface area contributed by atoms with Crippen LogP contribution in [0.25, 0.3) is 0 Å². The van der Waals surface area contributed by atoms with Crippen molar-refractivity contribution < 1.29 is 14.1 Å². The van der Waals surface area contributed by atoms with Crippen LogP contribution in [0.4, 0.5) is 0 Å². The minimum Gasteiger partial charge on any atom is -0.479 e. The van der Waals surface area contributed by atoms with Gasteiger partial charge in [-0.3, -0.25) is 4.79 Å². The number of hydrogen-bond donors (Lipinski definition) is 0. The molecule has 0 radical (unpaired) electrons. The SMILES string of the molecule is COc1cc(C(=O)N2CCN(C)CC2)on1. The minimum absolute atomic E-state index is 0.121. The molecule has 6 heteroatoms. The van der Waals surface area contributed by atoms with Crippen molar-refractivity contribution in [2.24, 2.45) is 0 Å². The van der Waals surface area contributed by atoms with E-state index in [2.05, 4.69) is 10.1 Å². The average molecular weight is 225 g/mol. The molecule has 1 aromatic heterocycles. The molecule has 0 N–H and O–H groups in total. The third-order valence-electron chi connectivity index (χ3n) is 2.70. The van der Waals surface area contributed by atoms with E-state index in [0.717, 1.165) is 26.2 Å². The molecular weight excluding hydrogens is 210 g/mol. The fourth-order valence-corrected chi connectivity index (χ4v) is 1.62. The monoisotopic (exact) mass is 225 g/mol. The van der Waals surface area contributed by atoms with Crippen LogP contribution in [0, 0.1) is 0 Å². The number of nitrogens with zero attached hydrogens (tertiary/aromatic N) is 3. The Morgan fingerprint density at radius 2 is 2.12 bits per heavy atom. The van der Waals surface area contributed by atoms with Crippen LogP contribution < -0.4 is 4.74 Å². The van der Waals surface area contributed by atoms with Gasteiger partial charge in [0.2, 0.25) is 5.76 Å². The molecule has 6 nitrogen and oxygen atoms in total. The van der Waals surface area contributed by atoms with Gasteiger partial charge in [-0.25, -0.2) is 0 Å². The van der Waals surface area contributed by atoms with Crippen molar-refractivity contribution in [2.45, 2.75) is 0 Å². The fraction of sp³-hybridized carbons (Fsp3) is 0.600. The summed E-state index contributed by atoms with van der Waals surface area (Å²) in [6.45, 7) is 3.21. The molecule has 2 heterocycles. The van der Waals surface area contributed by atoms with Gasteiger partial charge in [0.15, 0.2) is 0 Å². The first-order valence-electron chi connectivity index (χ1n) is 5.19. The molecule has 0 saturated carbocycles. The first kappa shape index (κ1) is 10.9. The number of carbonyl (C=O) groups excluding carboxylic acids is 1. The van der Waals surface area contributed by atoms with Gasteiger partial charge in [-0.15, -0.1) is 0 Å². The average Bonchev–Trinajstić information content (AvgIpc) is 2.77. The largest absolute Gasteiger partial charge is 0.479 e. The quantitative estimate of drug-likeness (QED) is 0.713. The van der Waals surface area contributed by atoms with Gasteiger partial charge in [-0.05, 0) is 12.2 Å². The molecule has 1 saturated heterocycles. The summed E-state index contributed by atoms with van der Waals surface area (Å²) in [5.41, 5.74) is 0. The number of carbonyl (C=O) groups is 1. The highest BCUT2D eigenvalue weighted by Crippen LogP contribution is 2.13. The van der Waals surface area contributed by atoms with Gasteiger partial charge in [0.1, 0.15) is 0 Å². The van der Waals surface area contributed by atoms with E-state index in [1.807, 2.05) is 7.05 Å². The molecule has 1 aromatic rings. The number of likely N-dealkylation sites (N-methyl/N-ethyl adjacent to an activating group) is 1. The summed E-state index contributed by atoms with van der Waals surface area (Å²) < 4.78 is 9.78. The van der Waals surface area contributed by atoms with Crippen LogP contribution in [0.15, 0.2) is 10.6 Å². The van der Waals surface area contributed by atoms with E-state index in [9.17, 15) is 4.79 Å². The summed E-state index contributed by atoms with van der Waals surface area (Å²) in [6, 6.07) is 1.51. The Kier molecular flexibility index (Phi) is 3.09. The summed E-state index contributed by atoms with van der Waals surface area (Å²) in [5.74, 6) is 0.447. The Morgan fingerprint density at radius 1 is 1.44 bits per heavy atom. The molecule has 1 aliphatic rings. The standard InChI is InChI=1S/C10H15N3O3/c1-12-3-5-13(6-4-12)10(14)8-7-9(15-2)11-16-8/h7H,3-6H2,1-2H3. The van der Waals surface area contributed by atoms with Gasteiger partial charge < -0.3 is 19.1 Å². The smallest absolute Gasteiger partial charge is 0.292 e. The van der Waals surface area contributed by atoms with Crippen molar-refractivity contribution in [1.29, 1.82) is 0 Å². The van der Waals surface area contributed by atoms with Crippen LogP contribution >= 0.6 is 0 Å². The summed E-state index contributed by atoms with van der Waals surface area (Å²) in [7, 11) is 3.53. The van der Waals surface area contributed by atoms with E-state index in [1.165, 1.54) is 13.2 Å². The maximum atomic E-state index is 12.0. The molecule has 0 atom stereocenters. The second-order valence-electron chi connectivity index (χ2n) is 3.83. The lowest BCUT2D eigenvalue weighted by Crippen LogP contribution is -2.47. The topological polar surface area (TPSA) is 58.8 Å². The van der Waals surface area contributed by atoms with E-state index in [4.69, 9.17) is 9.26 Å². The van der Waals surface area contributed by atoms with Crippen molar-refractivity contribution in [2.75, 3.05) is 40.3 Å². The van der Waals surface area contributed by atoms with Gasteiger partial charge in [-0.1, -0.05) is 0 Å². The molecule has 0 bridgehead atoms. The number of amides is 1. The van der Waals surface area contributed by atoms with E-state index in [-0.39, 0.29) is 11.7 Å². The number of methoxy groups -OCH3 is 1. The van der Waals surface area contributed by atoms with Crippen molar-refractivity contribution in [3.8, 4) is 5.88 Å². The molecule has 0 unspecified atom stereocenters. The Balaban J connectivity index is 2.01. The maximum Gasteiger partial charge on any atom is 0.292 e. The van der Waals surface area contributed by atoms with Gasteiger partial charge >= 0.3 is 0 Å². The molecule has 0 aromatic carbocycles. The van der Waals surface area contributed by atoms with Crippen molar-refractivity contribution >= 4 is 5.91 Å². The first-order chi connectivity index (χ1) is 7.70. The maximum absolute atomic E-state index is 12.0. The molecule has 2 rings (SSSR count). The molecule has 1 aliphatic heterocycles. The van der Waals surface area contributed by atoms with Crippen LogP contribution in [-0.4, -0.2) is 61.2 Å². The Morgan fingerprint density at radius 3 is 2.69 bits per heavy atom. The number of piperazine rings is 1. The van der Waals surface area contributed by atoms with Crippen molar-refractivity contribution in [1.82, 2.24) is 15.0 Å². The lowest BCUT2D eigenvalue weighted by Gasteiger charge is -2.31. The zero-order valence-electron chi connectivity index (χ0n) is 9.47. The molecule has 88 valence electrons. The van der Waals surface area contributed by atoms with Crippen LogP contribution in [0.2, 0.25) is 0 Å². The minimum atomic E-state index is -0.121. The summed E-state index contributed by atoms with van der Waals surface area (Å²) in [4.78, 5) is 15.9. The van der Waals surface area contributed by atoms with E-state index in [0.29, 0.717) is 5.88 Å². The zero-order valence-corrected chi connectivity index (χ0v) is 9.47. The van der Waals surface area contributed by atoms with E-state index < -0.39 is 0 Å². The van der Waals surface area contributed by atoms with Gasteiger partial charge in [-0.2, -0.15) is 0 Å². The van der Waals surface area contributed by atoms with Crippen molar-refractivity contribution in [3.05, 3.63) is 11.8 Å². The normalized spacial score (nSPS) is 17.5. The Labute approximate surface area is 93.7 Å². The predicted octanol–water partition coefficient (Wildman–Crippen LogP) is 0.0708. The molecule has 1 amide bonds. The third-order valence-corrected chi connectivity index (χ3v) is 2.70. The van der Waals surface area contributed by atoms with E-state index in [1.54, 1.807) is 4.90 Å². The fourth-order valence-electron chi connectivity index (χ4n) is 1.62. The Hall–Kier alpha value is -1.56. The summed E-state index contributed by atoms with van der Waals surface area (Å²) >= 11 is 0. The van der Waals surface area contributed by atoms with Crippen LogP contribution in [0.5, 0.6) is 5.88 Å². The first-order valence-corrected chi connectivity index (χ1v) is 5.19. The number of hydrogen-bond acceptors (Lipinski definition) is 5. The second-order valence-corrected chi connectivity index (χ2v) is 3.83. The number of ether oxygens (including phenoxy) is 1. The zero-order chi connectivity index (χ0) is 11.5.